The number of likely N-dealkylation sites (tertiary alicyclic amines) is 1. The van der Waals surface area contributed by atoms with Crippen LogP contribution in [0.15, 0.2) is 42.5 Å². The number of hydrogen-bond donors (Lipinski definition) is 1. The molecule has 0 spiro atoms. The van der Waals surface area contributed by atoms with Crippen molar-refractivity contribution in [2.24, 2.45) is 17.8 Å². The highest BCUT2D eigenvalue weighted by Crippen LogP contribution is 2.51. The van der Waals surface area contributed by atoms with E-state index < -0.39 is 29.6 Å². The fourth-order valence-electron chi connectivity index (χ4n) is 4.19. The van der Waals surface area contributed by atoms with Crippen LogP contribution in [0.3, 0.4) is 0 Å². The third kappa shape index (κ3) is 3.09. The molecular formula is C21H24N2O5. The highest BCUT2D eigenvalue weighted by atomic mass is 16.6. The lowest BCUT2D eigenvalue weighted by Crippen LogP contribution is -2.48. The minimum absolute atomic E-state index is 0.0935. The molecule has 4 atom stereocenters. The molecule has 1 aromatic rings. The molecular weight excluding hydrogens is 360 g/mol. The maximum Gasteiger partial charge on any atom is 0.407 e. The molecule has 3 amide bonds. The quantitative estimate of drug-likeness (QED) is 0.598. The van der Waals surface area contributed by atoms with Crippen LogP contribution in [-0.2, 0) is 25.6 Å². The molecule has 2 saturated heterocycles. The fraction of sp³-hybridized carbons (Fsp3) is 0.476. The molecule has 7 nitrogen and oxygen atoms in total. The number of nitrogens with zero attached hydrogens (tertiary/aromatic N) is 1. The van der Waals surface area contributed by atoms with E-state index in [1.165, 1.54) is 4.90 Å². The summed E-state index contributed by atoms with van der Waals surface area (Å²) in [5, 5.41) is 2.69. The van der Waals surface area contributed by atoms with Gasteiger partial charge in [0, 0.05) is 0 Å². The molecule has 28 heavy (non-hydrogen) atoms. The summed E-state index contributed by atoms with van der Waals surface area (Å²) in [5.74, 6) is -1.38. The maximum atomic E-state index is 13.1. The molecule has 1 aromatic carbocycles. The molecule has 0 radical (unpaired) electrons. The Balaban J connectivity index is 1.48. The van der Waals surface area contributed by atoms with Gasteiger partial charge in [-0.15, -0.1) is 0 Å². The normalized spacial score (nSPS) is 30.2. The molecule has 2 bridgehead atoms. The first-order valence-electron chi connectivity index (χ1n) is 9.58. The summed E-state index contributed by atoms with van der Waals surface area (Å²) in [6, 6.07) is 9.43. The van der Waals surface area contributed by atoms with Crippen molar-refractivity contribution in [1.29, 1.82) is 0 Å². The molecule has 0 unspecified atom stereocenters. The average Bonchev–Trinajstić information content (AvgIpc) is 3.32. The van der Waals surface area contributed by atoms with Gasteiger partial charge in [0.15, 0.2) is 0 Å². The summed E-state index contributed by atoms with van der Waals surface area (Å²) in [4.78, 5) is 39.3. The monoisotopic (exact) mass is 384 g/mol. The lowest BCUT2D eigenvalue weighted by Gasteiger charge is -2.29. The predicted octanol–water partition coefficient (Wildman–Crippen LogP) is 1.88. The lowest BCUT2D eigenvalue weighted by atomic mass is 9.77. The van der Waals surface area contributed by atoms with Crippen LogP contribution >= 0.6 is 0 Å². The molecule has 0 aliphatic carbocycles. The maximum absolute atomic E-state index is 13.1. The number of benzene rings is 1. The Hall–Kier alpha value is -2.67. The van der Waals surface area contributed by atoms with Gasteiger partial charge in [0.2, 0.25) is 11.8 Å². The molecule has 7 heteroatoms. The van der Waals surface area contributed by atoms with Gasteiger partial charge >= 0.3 is 6.09 Å². The van der Waals surface area contributed by atoms with Crippen LogP contribution < -0.4 is 5.32 Å². The number of fused-ring (bicyclic) bond motifs is 5. The smallest absolute Gasteiger partial charge is 0.407 e. The van der Waals surface area contributed by atoms with Crippen LogP contribution in [-0.4, -0.2) is 47.7 Å². The van der Waals surface area contributed by atoms with E-state index in [4.69, 9.17) is 9.47 Å². The van der Waals surface area contributed by atoms with Crippen molar-refractivity contribution in [3.63, 3.8) is 0 Å². The Morgan fingerprint density at radius 3 is 2.71 bits per heavy atom. The Bertz CT molecular complexity index is 821. The van der Waals surface area contributed by atoms with E-state index in [1.54, 1.807) is 6.08 Å². The van der Waals surface area contributed by atoms with Crippen molar-refractivity contribution in [3.05, 3.63) is 48.0 Å². The number of carbonyl (C=O) groups excluding carboxylic acids is 3. The number of amides is 3. The van der Waals surface area contributed by atoms with E-state index in [0.717, 1.165) is 5.56 Å². The van der Waals surface area contributed by atoms with Crippen LogP contribution in [0.2, 0.25) is 0 Å². The third-order valence-corrected chi connectivity index (χ3v) is 5.49. The zero-order valence-corrected chi connectivity index (χ0v) is 16.0. The van der Waals surface area contributed by atoms with Crippen LogP contribution in [0, 0.1) is 17.8 Å². The Morgan fingerprint density at radius 2 is 2.00 bits per heavy atom. The van der Waals surface area contributed by atoms with E-state index in [0.29, 0.717) is 6.61 Å². The van der Waals surface area contributed by atoms with Crippen LogP contribution in [0.1, 0.15) is 19.4 Å². The van der Waals surface area contributed by atoms with Crippen LogP contribution in [0.25, 0.3) is 0 Å². The second kappa shape index (κ2) is 7.05. The second-order valence-electron chi connectivity index (χ2n) is 7.99. The Kier molecular flexibility index (Phi) is 4.71. The Labute approximate surface area is 163 Å². The summed E-state index contributed by atoms with van der Waals surface area (Å²) >= 11 is 0. The molecule has 148 valence electrons. The fourth-order valence-corrected chi connectivity index (χ4v) is 4.19. The summed E-state index contributed by atoms with van der Waals surface area (Å²) in [6.07, 6.45) is 2.64. The number of carbonyl (C=O) groups is 3. The second-order valence-corrected chi connectivity index (χ2v) is 7.99. The largest absolute Gasteiger partial charge is 0.449 e. The van der Waals surface area contributed by atoms with Crippen molar-refractivity contribution < 1.29 is 23.9 Å². The zero-order valence-electron chi connectivity index (χ0n) is 16.0. The summed E-state index contributed by atoms with van der Waals surface area (Å²) < 4.78 is 11.1. The van der Waals surface area contributed by atoms with Crippen molar-refractivity contribution in [3.8, 4) is 0 Å². The van der Waals surface area contributed by atoms with E-state index in [-0.39, 0.29) is 30.8 Å². The highest BCUT2D eigenvalue weighted by molar-refractivity contribution is 6.07. The van der Waals surface area contributed by atoms with Crippen molar-refractivity contribution in [2.75, 3.05) is 13.2 Å². The summed E-state index contributed by atoms with van der Waals surface area (Å²) in [6.45, 7) is 4.55. The van der Waals surface area contributed by atoms with Gasteiger partial charge in [-0.2, -0.15) is 0 Å². The van der Waals surface area contributed by atoms with Gasteiger partial charge in [-0.05, 0) is 11.5 Å². The predicted molar refractivity (Wildman–Crippen MR) is 99.9 cm³/mol. The molecule has 3 aliphatic rings. The number of rotatable bonds is 6. The lowest BCUT2D eigenvalue weighted by molar-refractivity contribution is -0.144. The zero-order chi connectivity index (χ0) is 19.9. The third-order valence-electron chi connectivity index (χ3n) is 5.49. The van der Waals surface area contributed by atoms with E-state index in [2.05, 4.69) is 5.32 Å². The van der Waals surface area contributed by atoms with E-state index in [1.807, 2.05) is 50.3 Å². The van der Waals surface area contributed by atoms with Gasteiger partial charge in [-0.3, -0.25) is 14.5 Å². The first-order chi connectivity index (χ1) is 13.4. The number of ether oxygens (including phenoxy) is 2. The number of imide groups is 1. The van der Waals surface area contributed by atoms with Gasteiger partial charge in [0.25, 0.3) is 0 Å². The van der Waals surface area contributed by atoms with Crippen molar-refractivity contribution in [2.45, 2.75) is 32.1 Å². The van der Waals surface area contributed by atoms with E-state index >= 15 is 0 Å². The number of nitrogens with one attached hydrogen (secondary N) is 1. The average molecular weight is 384 g/mol. The first-order valence-corrected chi connectivity index (χ1v) is 9.58. The van der Waals surface area contributed by atoms with Crippen molar-refractivity contribution >= 4 is 17.9 Å². The molecule has 0 saturated carbocycles. The summed E-state index contributed by atoms with van der Waals surface area (Å²) in [7, 11) is 0. The van der Waals surface area contributed by atoms with Crippen molar-refractivity contribution in [1.82, 2.24) is 10.2 Å². The van der Waals surface area contributed by atoms with Gasteiger partial charge < -0.3 is 14.8 Å². The first kappa shape index (κ1) is 18.7. The standard InChI is InChI=1S/C21H24N2O5/c1-13(2)11-27-20(26)22-12-21-9-8-15(28-21)16-17(21)19(25)23(18(16)24)10-14-6-4-3-5-7-14/h3-9,13,15-17H,10-12H2,1-2H3,(H,22,26)/t15-,16+,17-,21+/m1/s1. The van der Waals surface area contributed by atoms with Gasteiger partial charge in [0.1, 0.15) is 5.60 Å². The van der Waals surface area contributed by atoms with Gasteiger partial charge in [0.05, 0.1) is 37.6 Å². The molecule has 2 fully saturated rings. The molecule has 3 aliphatic heterocycles. The molecule has 3 heterocycles. The number of hydrogen-bond acceptors (Lipinski definition) is 5. The Morgan fingerprint density at radius 1 is 1.25 bits per heavy atom. The molecule has 0 aromatic heterocycles. The highest BCUT2D eigenvalue weighted by Gasteiger charge is 2.67. The molecule has 1 N–H and O–H groups in total. The summed E-state index contributed by atoms with van der Waals surface area (Å²) in [5.41, 5.74) is -0.0977. The van der Waals surface area contributed by atoms with Crippen LogP contribution in [0.5, 0.6) is 0 Å². The minimum Gasteiger partial charge on any atom is -0.449 e. The minimum atomic E-state index is -0.996. The topological polar surface area (TPSA) is 84.9 Å². The van der Waals surface area contributed by atoms with Crippen LogP contribution in [0.4, 0.5) is 4.79 Å². The van der Waals surface area contributed by atoms with Gasteiger partial charge in [-0.1, -0.05) is 56.3 Å². The molecule has 4 rings (SSSR count). The SMILES string of the molecule is CC(C)COC(=O)NC[C@]12C=C[C@@H](O1)[C@@H]1C(=O)N(Cc3ccccc3)C(=O)[C@@H]12. The number of alkyl carbamates (subject to hydrolysis) is 1. The van der Waals surface area contributed by atoms with E-state index in [9.17, 15) is 14.4 Å². The van der Waals surface area contributed by atoms with Gasteiger partial charge in [-0.25, -0.2) is 4.79 Å².